The number of nitrogens with zero attached hydrogens (tertiary/aromatic N) is 7. The highest BCUT2D eigenvalue weighted by atomic mass is 19.4. The lowest BCUT2D eigenvalue weighted by Crippen LogP contribution is -2.51. The van der Waals surface area contributed by atoms with E-state index < -0.39 is 11.7 Å². The van der Waals surface area contributed by atoms with Crippen LogP contribution in [-0.4, -0.2) is 59.9 Å². The zero-order valence-electron chi connectivity index (χ0n) is 18.1. The fourth-order valence-electron chi connectivity index (χ4n) is 3.92. The Labute approximate surface area is 188 Å². The van der Waals surface area contributed by atoms with Crippen molar-refractivity contribution in [3.63, 3.8) is 0 Å². The number of hydrogen-bond donors (Lipinski definition) is 1. The van der Waals surface area contributed by atoms with Gasteiger partial charge in [0.25, 0.3) is 5.91 Å². The van der Waals surface area contributed by atoms with E-state index in [0.717, 1.165) is 25.2 Å². The number of carbonyl (C=O) groups is 1. The monoisotopic (exact) mass is 460 g/mol. The van der Waals surface area contributed by atoms with Gasteiger partial charge in [0.15, 0.2) is 5.69 Å². The summed E-state index contributed by atoms with van der Waals surface area (Å²) in [5.41, 5.74) is 0.496. The van der Waals surface area contributed by atoms with Crippen LogP contribution in [0.4, 0.5) is 19.1 Å². The van der Waals surface area contributed by atoms with Crippen LogP contribution in [0.25, 0.3) is 5.69 Å². The lowest BCUT2D eigenvalue weighted by Gasteiger charge is -2.40. The van der Waals surface area contributed by atoms with Crippen molar-refractivity contribution >= 4 is 11.9 Å². The van der Waals surface area contributed by atoms with Crippen molar-refractivity contribution < 1.29 is 18.0 Å². The number of carbonyl (C=O) groups excluding carboxylic acids is 1. The molecule has 12 heteroatoms. The molecule has 174 valence electrons. The number of piperidine rings is 1. The molecule has 1 aliphatic heterocycles. The lowest BCUT2D eigenvalue weighted by molar-refractivity contribution is -0.138. The average Bonchev–Trinajstić information content (AvgIpc) is 3.32. The van der Waals surface area contributed by atoms with Crippen LogP contribution >= 0.6 is 0 Å². The average molecular weight is 460 g/mol. The van der Waals surface area contributed by atoms with Gasteiger partial charge in [-0.2, -0.15) is 23.4 Å². The molecule has 2 unspecified atom stereocenters. The van der Waals surface area contributed by atoms with Gasteiger partial charge in [-0.05, 0) is 37.8 Å². The smallest absolute Gasteiger partial charge is 0.352 e. The van der Waals surface area contributed by atoms with Crippen LogP contribution in [-0.2, 0) is 6.18 Å². The Bertz CT molecular complexity index is 1100. The van der Waals surface area contributed by atoms with Gasteiger partial charge in [0.05, 0.1) is 24.0 Å². The fraction of sp³-hybridized carbons (Fsp3) is 0.429. The molecule has 33 heavy (non-hydrogen) atoms. The van der Waals surface area contributed by atoms with E-state index >= 15 is 0 Å². The van der Waals surface area contributed by atoms with Crippen LogP contribution in [0.3, 0.4) is 0 Å². The zero-order chi connectivity index (χ0) is 23.6. The number of nitrogens with one attached hydrogen (secondary N) is 1. The minimum atomic E-state index is -4.50. The molecule has 0 aliphatic carbocycles. The molecule has 4 rings (SSSR count). The van der Waals surface area contributed by atoms with Crippen molar-refractivity contribution in [3.8, 4) is 5.69 Å². The van der Waals surface area contributed by atoms with Crippen molar-refractivity contribution in [1.29, 1.82) is 0 Å². The van der Waals surface area contributed by atoms with Crippen LogP contribution in [0, 0.1) is 12.8 Å². The Morgan fingerprint density at radius 3 is 2.55 bits per heavy atom. The third kappa shape index (κ3) is 4.94. The first-order chi connectivity index (χ1) is 15.7. The molecule has 0 bridgehead atoms. The predicted molar refractivity (Wildman–Crippen MR) is 113 cm³/mol. The van der Waals surface area contributed by atoms with Crippen molar-refractivity contribution in [2.45, 2.75) is 38.9 Å². The number of anilines is 1. The maximum atomic E-state index is 13.6. The van der Waals surface area contributed by atoms with E-state index in [1.165, 1.54) is 17.2 Å². The first kappa shape index (κ1) is 22.6. The van der Waals surface area contributed by atoms with Crippen molar-refractivity contribution in [1.82, 2.24) is 34.8 Å². The third-order valence-corrected chi connectivity index (χ3v) is 5.67. The van der Waals surface area contributed by atoms with Crippen LogP contribution in [0.5, 0.6) is 0 Å². The van der Waals surface area contributed by atoms with Crippen molar-refractivity contribution in [3.05, 3.63) is 53.9 Å². The topological polar surface area (TPSA) is 102 Å². The van der Waals surface area contributed by atoms with Gasteiger partial charge in [0.2, 0.25) is 5.95 Å². The summed E-state index contributed by atoms with van der Waals surface area (Å²) in [6.45, 7) is 4.67. The highest BCUT2D eigenvalue weighted by molar-refractivity contribution is 5.96. The second kappa shape index (κ2) is 9.12. The van der Waals surface area contributed by atoms with E-state index in [1.54, 1.807) is 24.0 Å². The summed E-state index contributed by atoms with van der Waals surface area (Å²) in [6.07, 6.45) is 1.77. The summed E-state index contributed by atoms with van der Waals surface area (Å²) in [6, 6.07) is 3.32. The summed E-state index contributed by atoms with van der Waals surface area (Å²) in [5.74, 6) is -0.0262. The molecule has 0 aromatic carbocycles. The van der Waals surface area contributed by atoms with Gasteiger partial charge >= 0.3 is 6.18 Å². The number of aryl methyl sites for hydroxylation is 1. The van der Waals surface area contributed by atoms with E-state index in [9.17, 15) is 18.0 Å². The minimum absolute atomic E-state index is 0.0725. The van der Waals surface area contributed by atoms with Crippen LogP contribution in [0.1, 0.15) is 41.5 Å². The molecule has 1 N–H and O–H groups in total. The van der Waals surface area contributed by atoms with Gasteiger partial charge in [-0.1, -0.05) is 6.92 Å². The molecule has 1 amide bonds. The van der Waals surface area contributed by atoms with Gasteiger partial charge in [-0.3, -0.25) is 4.79 Å². The van der Waals surface area contributed by atoms with Crippen LogP contribution in [0.15, 0.2) is 36.9 Å². The van der Waals surface area contributed by atoms with Gasteiger partial charge in [0.1, 0.15) is 5.69 Å². The Morgan fingerprint density at radius 2 is 1.88 bits per heavy atom. The first-order valence-corrected chi connectivity index (χ1v) is 10.5. The molecule has 3 aromatic rings. The lowest BCUT2D eigenvalue weighted by atomic mass is 9.90. The van der Waals surface area contributed by atoms with Gasteiger partial charge in [0, 0.05) is 31.2 Å². The second-order valence-electron chi connectivity index (χ2n) is 8.00. The van der Waals surface area contributed by atoms with E-state index in [0.29, 0.717) is 24.5 Å². The predicted octanol–water partition coefficient (Wildman–Crippen LogP) is 3.13. The van der Waals surface area contributed by atoms with E-state index in [1.807, 2.05) is 6.92 Å². The number of aromatic nitrogens is 6. The molecule has 9 nitrogen and oxygen atoms in total. The molecule has 4 heterocycles. The number of alkyl halides is 3. The highest BCUT2D eigenvalue weighted by Crippen LogP contribution is 2.29. The quantitative estimate of drug-likeness (QED) is 0.624. The van der Waals surface area contributed by atoms with E-state index in [-0.39, 0.29) is 29.5 Å². The molecule has 1 aliphatic rings. The number of likely N-dealkylation sites (tertiary alicyclic amines) is 1. The Hall–Kier alpha value is -3.57. The van der Waals surface area contributed by atoms with E-state index in [4.69, 9.17) is 0 Å². The summed E-state index contributed by atoms with van der Waals surface area (Å²) >= 11 is 0. The normalized spacial score (nSPS) is 18.9. The molecule has 0 saturated carbocycles. The van der Waals surface area contributed by atoms with E-state index in [2.05, 4.69) is 30.5 Å². The maximum absolute atomic E-state index is 13.6. The second-order valence-corrected chi connectivity index (χ2v) is 8.00. The van der Waals surface area contributed by atoms with Crippen molar-refractivity contribution in [2.24, 2.45) is 5.92 Å². The highest BCUT2D eigenvalue weighted by Gasteiger charge is 2.35. The van der Waals surface area contributed by atoms with Gasteiger partial charge < -0.3 is 10.2 Å². The SMILES string of the molecule is Cc1ccc(-n2nccn2)c(C(=O)N2CCCC(C)C2CNc2ncc(C(F)(F)F)cn2)n1. The Balaban J connectivity index is 1.55. The number of pyridine rings is 1. The van der Waals surface area contributed by atoms with Crippen LogP contribution in [0.2, 0.25) is 0 Å². The summed E-state index contributed by atoms with van der Waals surface area (Å²) < 4.78 is 38.3. The largest absolute Gasteiger partial charge is 0.419 e. The summed E-state index contributed by atoms with van der Waals surface area (Å²) in [7, 11) is 0. The first-order valence-electron chi connectivity index (χ1n) is 10.5. The molecular weight excluding hydrogens is 437 g/mol. The molecule has 1 saturated heterocycles. The fourth-order valence-corrected chi connectivity index (χ4v) is 3.92. The molecule has 0 radical (unpaired) electrons. The van der Waals surface area contributed by atoms with Crippen molar-refractivity contribution in [2.75, 3.05) is 18.4 Å². The summed E-state index contributed by atoms with van der Waals surface area (Å²) in [4.78, 5) is 28.7. The molecule has 2 atom stereocenters. The maximum Gasteiger partial charge on any atom is 0.419 e. The molecule has 0 spiro atoms. The standard InChI is InChI=1S/C21H23F3N8O/c1-13-4-3-9-31(17(13)12-27-20-25-10-15(11-26-20)21(22,23)24)19(33)18-16(6-5-14(2)30-18)32-28-7-8-29-32/h5-8,10-11,13,17H,3-4,9,12H2,1-2H3,(H,25,26,27). The minimum Gasteiger partial charge on any atom is -0.352 e. The van der Waals surface area contributed by atoms with Gasteiger partial charge in [-0.15, -0.1) is 4.80 Å². The summed E-state index contributed by atoms with van der Waals surface area (Å²) in [5, 5.41) is 11.2. The zero-order valence-corrected chi connectivity index (χ0v) is 18.1. The molecular formula is C21H23F3N8O. The van der Waals surface area contributed by atoms with Crippen LogP contribution < -0.4 is 5.32 Å². The Kier molecular flexibility index (Phi) is 6.25. The third-order valence-electron chi connectivity index (χ3n) is 5.67. The Morgan fingerprint density at radius 1 is 1.18 bits per heavy atom. The molecule has 1 fully saturated rings. The number of halogens is 3. The number of hydrogen-bond acceptors (Lipinski definition) is 7. The molecule has 3 aromatic heterocycles. The number of amides is 1. The van der Waals surface area contributed by atoms with Gasteiger partial charge in [-0.25, -0.2) is 15.0 Å². The number of rotatable bonds is 5.